The van der Waals surface area contributed by atoms with Crippen LogP contribution in [0.3, 0.4) is 0 Å². The van der Waals surface area contributed by atoms with Gasteiger partial charge in [-0.25, -0.2) is 9.97 Å². The summed E-state index contributed by atoms with van der Waals surface area (Å²) in [5.41, 5.74) is 0. The first kappa shape index (κ1) is 9.92. The summed E-state index contributed by atoms with van der Waals surface area (Å²) in [5, 5.41) is 3.24. The van der Waals surface area contributed by atoms with Gasteiger partial charge in [-0.15, -0.1) is 0 Å². The van der Waals surface area contributed by atoms with Gasteiger partial charge < -0.3 is 10.1 Å². The molecule has 72 valence electrons. The normalized spacial score (nSPS) is 12.5. The zero-order valence-corrected chi connectivity index (χ0v) is 8.03. The van der Waals surface area contributed by atoms with Crippen LogP contribution in [0.2, 0.25) is 0 Å². The fourth-order valence-corrected chi connectivity index (χ4v) is 0.967. The van der Waals surface area contributed by atoms with E-state index in [4.69, 9.17) is 4.74 Å². The Balaban J connectivity index is 2.27. The smallest absolute Gasteiger partial charge is 0.316 e. The molecule has 0 saturated carbocycles. The summed E-state index contributed by atoms with van der Waals surface area (Å²) in [6.07, 6.45) is 3.33. The van der Waals surface area contributed by atoms with E-state index < -0.39 is 0 Å². The Morgan fingerprint density at radius 1 is 1.46 bits per heavy atom. The predicted molar refractivity (Wildman–Crippen MR) is 50.7 cm³/mol. The molecular weight excluding hydrogens is 166 g/mol. The summed E-state index contributed by atoms with van der Waals surface area (Å²) in [5.74, 6) is 0. The zero-order valence-electron chi connectivity index (χ0n) is 8.03. The lowest BCUT2D eigenvalue weighted by atomic mass is 10.4. The van der Waals surface area contributed by atoms with Gasteiger partial charge in [0.2, 0.25) is 0 Å². The van der Waals surface area contributed by atoms with Crippen molar-refractivity contribution in [1.82, 2.24) is 15.3 Å². The molecule has 0 bridgehead atoms. The maximum absolute atomic E-state index is 5.34. The molecule has 0 saturated heterocycles. The molecule has 0 fully saturated rings. The van der Waals surface area contributed by atoms with Crippen LogP contribution in [0.4, 0.5) is 0 Å². The van der Waals surface area contributed by atoms with Gasteiger partial charge >= 0.3 is 6.01 Å². The second kappa shape index (κ2) is 5.48. The Morgan fingerprint density at radius 3 is 2.77 bits per heavy atom. The van der Waals surface area contributed by atoms with Gasteiger partial charge in [-0.2, -0.15) is 0 Å². The van der Waals surface area contributed by atoms with E-state index in [9.17, 15) is 0 Å². The van der Waals surface area contributed by atoms with Crippen LogP contribution in [0.15, 0.2) is 18.5 Å². The molecule has 1 unspecified atom stereocenters. The lowest BCUT2D eigenvalue weighted by Gasteiger charge is -2.11. The average Bonchev–Trinajstić information content (AvgIpc) is 2.17. The standard InChI is InChI=1S/C9H15N3O/c1-3-10-8(2)7-13-9-11-5-4-6-12-9/h4-6,8,10H,3,7H2,1-2H3. The minimum absolute atomic E-state index is 0.328. The van der Waals surface area contributed by atoms with Crippen LogP contribution in [0.1, 0.15) is 13.8 Å². The highest BCUT2D eigenvalue weighted by Gasteiger charge is 2.01. The van der Waals surface area contributed by atoms with E-state index in [1.807, 2.05) is 0 Å². The summed E-state index contributed by atoms with van der Waals surface area (Å²) in [7, 11) is 0. The first-order valence-corrected chi connectivity index (χ1v) is 4.46. The van der Waals surface area contributed by atoms with Crippen LogP contribution in [0.25, 0.3) is 0 Å². The molecule has 0 spiro atoms. The molecule has 0 radical (unpaired) electrons. The van der Waals surface area contributed by atoms with Gasteiger partial charge in [-0.05, 0) is 19.5 Å². The lowest BCUT2D eigenvalue weighted by Crippen LogP contribution is -2.31. The molecule has 1 aromatic heterocycles. The van der Waals surface area contributed by atoms with Gasteiger partial charge in [0.05, 0.1) is 0 Å². The Hall–Kier alpha value is -1.16. The van der Waals surface area contributed by atoms with Crippen molar-refractivity contribution in [2.75, 3.05) is 13.2 Å². The predicted octanol–water partition coefficient (Wildman–Crippen LogP) is 0.853. The van der Waals surface area contributed by atoms with Gasteiger partial charge in [0.1, 0.15) is 6.61 Å². The molecule has 1 aromatic rings. The number of hydrogen-bond donors (Lipinski definition) is 1. The molecule has 0 aliphatic rings. The van der Waals surface area contributed by atoms with E-state index in [1.165, 1.54) is 0 Å². The summed E-state index contributed by atoms with van der Waals surface area (Å²) >= 11 is 0. The molecular formula is C9H15N3O. The van der Waals surface area contributed by atoms with Crippen molar-refractivity contribution in [1.29, 1.82) is 0 Å². The Bertz CT molecular complexity index is 228. The summed E-state index contributed by atoms with van der Waals surface area (Å²) in [4.78, 5) is 7.90. The molecule has 0 aromatic carbocycles. The molecule has 0 aliphatic carbocycles. The topological polar surface area (TPSA) is 47.0 Å². The first-order chi connectivity index (χ1) is 6.33. The number of nitrogens with one attached hydrogen (secondary N) is 1. The molecule has 4 nitrogen and oxygen atoms in total. The Morgan fingerprint density at radius 2 is 2.15 bits per heavy atom. The minimum atomic E-state index is 0.328. The first-order valence-electron chi connectivity index (χ1n) is 4.46. The van der Waals surface area contributed by atoms with E-state index in [-0.39, 0.29) is 0 Å². The summed E-state index contributed by atoms with van der Waals surface area (Å²) in [6, 6.07) is 2.53. The van der Waals surface area contributed by atoms with Gasteiger partial charge in [-0.3, -0.25) is 0 Å². The maximum Gasteiger partial charge on any atom is 0.316 e. The quantitative estimate of drug-likeness (QED) is 0.731. The van der Waals surface area contributed by atoms with Crippen LogP contribution in [-0.4, -0.2) is 29.2 Å². The van der Waals surface area contributed by atoms with Crippen molar-refractivity contribution < 1.29 is 4.74 Å². The van der Waals surface area contributed by atoms with Crippen LogP contribution in [0, 0.1) is 0 Å². The number of rotatable bonds is 5. The van der Waals surface area contributed by atoms with Gasteiger partial charge in [0.15, 0.2) is 0 Å². The van der Waals surface area contributed by atoms with E-state index in [2.05, 4.69) is 29.1 Å². The largest absolute Gasteiger partial charge is 0.462 e. The molecule has 0 amide bonds. The highest BCUT2D eigenvalue weighted by atomic mass is 16.5. The fraction of sp³-hybridized carbons (Fsp3) is 0.556. The van der Waals surface area contributed by atoms with Crippen molar-refractivity contribution in [3.05, 3.63) is 18.5 Å². The molecule has 1 heterocycles. The number of likely N-dealkylation sites (N-methyl/N-ethyl adjacent to an activating group) is 1. The number of nitrogens with zero attached hydrogens (tertiary/aromatic N) is 2. The minimum Gasteiger partial charge on any atom is -0.462 e. The van der Waals surface area contributed by atoms with Crippen LogP contribution < -0.4 is 10.1 Å². The van der Waals surface area contributed by atoms with Crippen LogP contribution >= 0.6 is 0 Å². The lowest BCUT2D eigenvalue weighted by molar-refractivity contribution is 0.255. The SMILES string of the molecule is CCNC(C)COc1ncccn1. The molecule has 1 N–H and O–H groups in total. The van der Waals surface area contributed by atoms with Crippen LogP contribution in [-0.2, 0) is 0 Å². The Labute approximate surface area is 78.4 Å². The molecule has 4 heteroatoms. The molecule has 13 heavy (non-hydrogen) atoms. The molecule has 1 rings (SSSR count). The van der Waals surface area contributed by atoms with Crippen molar-refractivity contribution in [2.45, 2.75) is 19.9 Å². The Kier molecular flexibility index (Phi) is 4.18. The van der Waals surface area contributed by atoms with E-state index >= 15 is 0 Å². The van der Waals surface area contributed by atoms with Crippen LogP contribution in [0.5, 0.6) is 6.01 Å². The van der Waals surface area contributed by atoms with Crippen molar-refractivity contribution in [2.24, 2.45) is 0 Å². The van der Waals surface area contributed by atoms with E-state index in [0.717, 1.165) is 6.54 Å². The highest BCUT2D eigenvalue weighted by Crippen LogP contribution is 1.97. The monoisotopic (exact) mass is 181 g/mol. The van der Waals surface area contributed by atoms with Gasteiger partial charge in [0.25, 0.3) is 0 Å². The molecule has 0 aliphatic heterocycles. The third kappa shape index (κ3) is 3.85. The molecule has 1 atom stereocenters. The maximum atomic E-state index is 5.34. The fourth-order valence-electron chi connectivity index (χ4n) is 0.967. The zero-order chi connectivity index (χ0) is 9.52. The van der Waals surface area contributed by atoms with Gasteiger partial charge in [0, 0.05) is 18.4 Å². The number of hydrogen-bond acceptors (Lipinski definition) is 4. The van der Waals surface area contributed by atoms with Gasteiger partial charge in [-0.1, -0.05) is 6.92 Å². The highest BCUT2D eigenvalue weighted by molar-refractivity contribution is 4.93. The van der Waals surface area contributed by atoms with Crippen molar-refractivity contribution in [3.63, 3.8) is 0 Å². The third-order valence-electron chi connectivity index (χ3n) is 1.56. The van der Waals surface area contributed by atoms with E-state index in [0.29, 0.717) is 18.7 Å². The van der Waals surface area contributed by atoms with Crippen molar-refractivity contribution >= 4 is 0 Å². The second-order valence-electron chi connectivity index (χ2n) is 2.80. The number of ether oxygens (including phenoxy) is 1. The second-order valence-corrected chi connectivity index (χ2v) is 2.80. The number of aromatic nitrogens is 2. The van der Waals surface area contributed by atoms with E-state index in [1.54, 1.807) is 18.5 Å². The average molecular weight is 181 g/mol. The summed E-state index contributed by atoms with van der Waals surface area (Å²) in [6.45, 7) is 5.67. The van der Waals surface area contributed by atoms with Crippen molar-refractivity contribution in [3.8, 4) is 6.01 Å². The summed E-state index contributed by atoms with van der Waals surface area (Å²) < 4.78 is 5.34. The third-order valence-corrected chi connectivity index (χ3v) is 1.56.